The normalized spacial score (nSPS) is 11.4. The average molecular weight is 293 g/mol. The molecule has 0 spiro atoms. The third-order valence-corrected chi connectivity index (χ3v) is 3.38. The first-order valence-corrected chi connectivity index (χ1v) is 6.60. The Kier molecular flexibility index (Phi) is 4.11. The zero-order valence-electron chi connectivity index (χ0n) is 11.4. The van der Waals surface area contributed by atoms with Gasteiger partial charge in [0.1, 0.15) is 0 Å². The molecule has 0 atom stereocenters. The van der Waals surface area contributed by atoms with Gasteiger partial charge in [0, 0.05) is 28.7 Å². The number of nitrogens with zero attached hydrogens (tertiary/aromatic N) is 2. The van der Waals surface area contributed by atoms with E-state index in [0.29, 0.717) is 5.02 Å². The molecular formula is C14H17ClN4O. The quantitative estimate of drug-likeness (QED) is 0.515. The van der Waals surface area contributed by atoms with E-state index < -0.39 is 5.41 Å². The third kappa shape index (κ3) is 3.18. The molecule has 0 aliphatic rings. The van der Waals surface area contributed by atoms with Crippen molar-refractivity contribution in [2.45, 2.75) is 25.7 Å². The van der Waals surface area contributed by atoms with Crippen LogP contribution < -0.4 is 11.3 Å². The summed E-state index contributed by atoms with van der Waals surface area (Å²) in [5, 5.41) is 0.666. The maximum absolute atomic E-state index is 11.4. The highest BCUT2D eigenvalue weighted by atomic mass is 35.5. The van der Waals surface area contributed by atoms with E-state index in [4.69, 9.17) is 17.4 Å². The number of nitrogens with one attached hydrogen (secondary N) is 1. The topological polar surface area (TPSA) is 72.9 Å². The van der Waals surface area contributed by atoms with Gasteiger partial charge in [-0.2, -0.15) is 0 Å². The lowest BCUT2D eigenvalue weighted by Crippen LogP contribution is -2.35. The first kappa shape index (κ1) is 14.6. The van der Waals surface area contributed by atoms with Crippen LogP contribution in [0.15, 0.2) is 36.8 Å². The monoisotopic (exact) mass is 292 g/mol. The Labute approximate surface area is 122 Å². The van der Waals surface area contributed by atoms with Gasteiger partial charge < -0.3 is 4.57 Å². The molecule has 0 fully saturated rings. The van der Waals surface area contributed by atoms with Crippen molar-refractivity contribution in [3.05, 3.63) is 47.5 Å². The molecule has 1 aromatic heterocycles. The zero-order chi connectivity index (χ0) is 14.8. The highest BCUT2D eigenvalue weighted by Crippen LogP contribution is 2.26. The number of benzene rings is 1. The van der Waals surface area contributed by atoms with E-state index in [9.17, 15) is 4.79 Å². The van der Waals surface area contributed by atoms with E-state index in [2.05, 4.69) is 10.4 Å². The summed E-state index contributed by atoms with van der Waals surface area (Å²) in [6, 6.07) is 7.49. The number of aromatic nitrogens is 2. The molecule has 0 bridgehead atoms. The fraction of sp³-hybridized carbons (Fsp3) is 0.286. The van der Waals surface area contributed by atoms with Gasteiger partial charge in [0.05, 0.1) is 12.0 Å². The number of hydrazine groups is 1. The van der Waals surface area contributed by atoms with E-state index >= 15 is 0 Å². The number of carbonyl (C=O) groups is 1. The van der Waals surface area contributed by atoms with Gasteiger partial charge in [0.2, 0.25) is 5.91 Å². The summed E-state index contributed by atoms with van der Waals surface area (Å²) in [6.07, 6.45) is 3.88. The van der Waals surface area contributed by atoms with Crippen LogP contribution >= 0.6 is 11.6 Å². The summed E-state index contributed by atoms with van der Waals surface area (Å²) in [5.41, 5.74) is 3.50. The second-order valence-corrected chi connectivity index (χ2v) is 5.71. The molecule has 0 saturated heterocycles. The number of hydrogen-bond donors (Lipinski definition) is 2. The van der Waals surface area contributed by atoms with Gasteiger partial charge in [-0.05, 0) is 18.2 Å². The van der Waals surface area contributed by atoms with Crippen molar-refractivity contribution in [1.82, 2.24) is 15.0 Å². The molecule has 5 nitrogen and oxygen atoms in total. The summed E-state index contributed by atoms with van der Waals surface area (Å²) in [4.78, 5) is 15.8. The molecular weight excluding hydrogens is 276 g/mol. The predicted molar refractivity (Wildman–Crippen MR) is 78.5 cm³/mol. The minimum Gasteiger partial charge on any atom is -0.306 e. The molecule has 1 amide bonds. The van der Waals surface area contributed by atoms with Gasteiger partial charge in [-0.25, -0.2) is 10.8 Å². The van der Waals surface area contributed by atoms with Crippen LogP contribution in [0.3, 0.4) is 0 Å². The van der Waals surface area contributed by atoms with Crippen molar-refractivity contribution < 1.29 is 4.79 Å². The predicted octanol–water partition coefficient (Wildman–Crippen LogP) is 2.18. The zero-order valence-corrected chi connectivity index (χ0v) is 12.2. The lowest BCUT2D eigenvalue weighted by molar-refractivity contribution is -0.122. The van der Waals surface area contributed by atoms with Gasteiger partial charge in [0.15, 0.2) is 0 Å². The van der Waals surface area contributed by atoms with Gasteiger partial charge in [0.25, 0.3) is 0 Å². The average Bonchev–Trinajstić information content (AvgIpc) is 2.88. The Hall–Kier alpha value is -1.85. The second kappa shape index (κ2) is 5.64. The van der Waals surface area contributed by atoms with E-state index in [0.717, 1.165) is 11.4 Å². The van der Waals surface area contributed by atoms with E-state index in [1.807, 2.05) is 48.9 Å². The Morgan fingerprint density at radius 2 is 2.25 bits per heavy atom. The second-order valence-electron chi connectivity index (χ2n) is 5.27. The molecule has 0 radical (unpaired) electrons. The van der Waals surface area contributed by atoms with Crippen LogP contribution in [0.4, 0.5) is 0 Å². The van der Waals surface area contributed by atoms with Crippen LogP contribution in [-0.2, 0) is 10.2 Å². The Morgan fingerprint density at radius 1 is 1.50 bits per heavy atom. The maximum Gasteiger partial charge on any atom is 0.234 e. The molecule has 0 aliphatic carbocycles. The van der Waals surface area contributed by atoms with E-state index in [1.165, 1.54) is 0 Å². The largest absolute Gasteiger partial charge is 0.306 e. The Balaban J connectivity index is 2.26. The lowest BCUT2D eigenvalue weighted by Gasteiger charge is -2.20. The molecule has 0 saturated carbocycles. The molecule has 3 N–H and O–H groups in total. The van der Waals surface area contributed by atoms with Gasteiger partial charge in [-0.3, -0.25) is 10.2 Å². The summed E-state index contributed by atoms with van der Waals surface area (Å²) < 4.78 is 1.88. The highest BCUT2D eigenvalue weighted by Gasteiger charge is 2.26. The number of imidazole rings is 1. The van der Waals surface area contributed by atoms with Crippen molar-refractivity contribution >= 4 is 17.5 Å². The minimum atomic E-state index is -0.396. The highest BCUT2D eigenvalue weighted by molar-refractivity contribution is 6.30. The molecule has 1 aromatic carbocycles. The minimum absolute atomic E-state index is 0.215. The van der Waals surface area contributed by atoms with Gasteiger partial charge >= 0.3 is 0 Å². The smallest absolute Gasteiger partial charge is 0.234 e. The first-order valence-electron chi connectivity index (χ1n) is 6.22. The molecule has 2 aromatic rings. The third-order valence-electron chi connectivity index (χ3n) is 3.15. The van der Waals surface area contributed by atoms with E-state index in [-0.39, 0.29) is 12.3 Å². The fourth-order valence-electron chi connectivity index (χ4n) is 1.99. The van der Waals surface area contributed by atoms with Crippen LogP contribution in [0.2, 0.25) is 5.02 Å². The SMILES string of the molecule is CC(C)(CC(=O)NN)c1cn(-c2cccc(Cl)c2)cn1. The van der Waals surface area contributed by atoms with E-state index in [1.54, 1.807) is 6.33 Å². The van der Waals surface area contributed by atoms with Crippen LogP contribution in [0.25, 0.3) is 5.69 Å². The van der Waals surface area contributed by atoms with Crippen LogP contribution in [-0.4, -0.2) is 15.5 Å². The number of amides is 1. The molecule has 106 valence electrons. The number of carbonyl (C=O) groups excluding carboxylic acids is 1. The van der Waals surface area contributed by atoms with Crippen molar-refractivity contribution in [3.63, 3.8) is 0 Å². The van der Waals surface area contributed by atoms with Crippen molar-refractivity contribution in [3.8, 4) is 5.69 Å². The molecule has 6 heteroatoms. The molecule has 20 heavy (non-hydrogen) atoms. The summed E-state index contributed by atoms with van der Waals surface area (Å²) in [5.74, 6) is 4.91. The van der Waals surface area contributed by atoms with Crippen LogP contribution in [0.1, 0.15) is 26.0 Å². The summed E-state index contributed by atoms with van der Waals surface area (Å²) in [7, 11) is 0. The Morgan fingerprint density at radius 3 is 2.90 bits per heavy atom. The van der Waals surface area contributed by atoms with Crippen molar-refractivity contribution in [2.24, 2.45) is 5.84 Å². The molecule has 2 rings (SSSR count). The lowest BCUT2D eigenvalue weighted by atomic mass is 9.86. The number of rotatable bonds is 4. The number of hydrogen-bond acceptors (Lipinski definition) is 3. The van der Waals surface area contributed by atoms with Crippen molar-refractivity contribution in [1.29, 1.82) is 0 Å². The number of nitrogens with two attached hydrogens (primary N) is 1. The molecule has 0 aliphatic heterocycles. The van der Waals surface area contributed by atoms with Crippen molar-refractivity contribution in [2.75, 3.05) is 0 Å². The first-order chi connectivity index (χ1) is 9.42. The molecule has 0 unspecified atom stereocenters. The fourth-order valence-corrected chi connectivity index (χ4v) is 2.18. The Bertz CT molecular complexity index is 621. The standard InChI is InChI=1S/C14H17ClN4O/c1-14(2,7-13(20)18-16)12-8-19(9-17-12)11-5-3-4-10(15)6-11/h3-6,8-9H,7,16H2,1-2H3,(H,18,20). The molecule has 1 heterocycles. The van der Waals surface area contributed by atoms with Crippen LogP contribution in [0.5, 0.6) is 0 Å². The van der Waals surface area contributed by atoms with Crippen LogP contribution in [0, 0.1) is 0 Å². The number of halogens is 1. The maximum atomic E-state index is 11.4. The summed E-state index contributed by atoms with van der Waals surface area (Å²) >= 11 is 5.98. The summed E-state index contributed by atoms with van der Waals surface area (Å²) in [6.45, 7) is 3.90. The van der Waals surface area contributed by atoms with Gasteiger partial charge in [-0.1, -0.05) is 31.5 Å². The van der Waals surface area contributed by atoms with Gasteiger partial charge in [-0.15, -0.1) is 0 Å².